The van der Waals surface area contributed by atoms with Gasteiger partial charge in [0, 0.05) is 29.8 Å². The minimum absolute atomic E-state index is 0.0493. The quantitative estimate of drug-likeness (QED) is 0.890. The number of nitrogens with one attached hydrogen (secondary N) is 1. The Hall–Kier alpha value is -1.13. The van der Waals surface area contributed by atoms with Gasteiger partial charge < -0.3 is 10.4 Å². The molecule has 1 fully saturated rings. The smallest absolute Gasteiger partial charge is 0.126 e. The van der Waals surface area contributed by atoms with Crippen LogP contribution in [0, 0.1) is 5.82 Å². The molecule has 0 spiro atoms. The zero-order chi connectivity index (χ0) is 14.7. The average Bonchev–Trinajstić information content (AvgIpc) is 2.46. The normalized spacial score (nSPS) is 24.9. The number of hydrogen-bond acceptors (Lipinski definition) is 3. The topological polar surface area (TPSA) is 35.5 Å². The van der Waals surface area contributed by atoms with Crippen molar-refractivity contribution in [1.29, 1.82) is 0 Å². The number of phenols is 1. The van der Waals surface area contributed by atoms with Gasteiger partial charge in [-0.1, -0.05) is 6.07 Å². The monoisotopic (exact) mass is 280 g/mol. The van der Waals surface area contributed by atoms with E-state index in [2.05, 4.69) is 24.2 Å². The first kappa shape index (κ1) is 15.3. The fraction of sp³-hybridized carbons (Fsp3) is 0.625. The number of aromatic hydroxyl groups is 1. The van der Waals surface area contributed by atoms with Gasteiger partial charge >= 0.3 is 0 Å². The number of phenolic OH excluding ortho intramolecular Hbond substituents is 1. The Labute approximate surface area is 120 Å². The van der Waals surface area contributed by atoms with Gasteiger partial charge in [0.25, 0.3) is 0 Å². The van der Waals surface area contributed by atoms with Crippen molar-refractivity contribution in [2.75, 3.05) is 14.1 Å². The fourth-order valence-electron chi connectivity index (χ4n) is 3.18. The summed E-state index contributed by atoms with van der Waals surface area (Å²) in [5.74, 6) is -0.344. The van der Waals surface area contributed by atoms with E-state index in [1.807, 2.05) is 7.05 Å². The van der Waals surface area contributed by atoms with Gasteiger partial charge in [-0.25, -0.2) is 4.39 Å². The van der Waals surface area contributed by atoms with Crippen molar-refractivity contribution in [3.8, 4) is 5.75 Å². The van der Waals surface area contributed by atoms with Gasteiger partial charge in [0.2, 0.25) is 0 Å². The summed E-state index contributed by atoms with van der Waals surface area (Å²) in [7, 11) is 4.12. The summed E-state index contributed by atoms with van der Waals surface area (Å²) in [5, 5.41) is 13.3. The zero-order valence-electron chi connectivity index (χ0n) is 12.6. The Morgan fingerprint density at radius 1 is 1.30 bits per heavy atom. The Bertz CT molecular complexity index is 444. The van der Waals surface area contributed by atoms with Crippen LogP contribution in [-0.4, -0.2) is 36.2 Å². The summed E-state index contributed by atoms with van der Waals surface area (Å²) in [4.78, 5) is 2.30. The molecule has 0 radical (unpaired) electrons. The number of nitrogens with zero attached hydrogens (tertiary/aromatic N) is 1. The van der Waals surface area contributed by atoms with Gasteiger partial charge in [-0.2, -0.15) is 0 Å². The highest BCUT2D eigenvalue weighted by Gasteiger charge is 2.27. The molecule has 2 N–H and O–H groups in total. The van der Waals surface area contributed by atoms with Crippen LogP contribution in [-0.2, 0) is 0 Å². The van der Waals surface area contributed by atoms with Gasteiger partial charge in [-0.15, -0.1) is 0 Å². The maximum absolute atomic E-state index is 13.1. The molecular weight excluding hydrogens is 255 g/mol. The lowest BCUT2D eigenvalue weighted by molar-refractivity contribution is 0.134. The van der Waals surface area contributed by atoms with Crippen LogP contribution in [0.15, 0.2) is 18.2 Å². The Morgan fingerprint density at radius 3 is 2.50 bits per heavy atom. The van der Waals surface area contributed by atoms with Crippen molar-refractivity contribution >= 4 is 0 Å². The van der Waals surface area contributed by atoms with E-state index in [1.54, 1.807) is 6.07 Å². The highest BCUT2D eigenvalue weighted by Crippen LogP contribution is 2.32. The van der Waals surface area contributed by atoms with E-state index in [0.717, 1.165) is 18.4 Å². The molecule has 20 heavy (non-hydrogen) atoms. The van der Waals surface area contributed by atoms with Gasteiger partial charge in [0.1, 0.15) is 11.6 Å². The molecule has 0 amide bonds. The summed E-state index contributed by atoms with van der Waals surface area (Å²) >= 11 is 0. The summed E-state index contributed by atoms with van der Waals surface area (Å²) in [6.07, 6.45) is 4.70. The third-order valence-corrected chi connectivity index (χ3v) is 4.73. The van der Waals surface area contributed by atoms with E-state index in [0.29, 0.717) is 12.1 Å². The van der Waals surface area contributed by atoms with Crippen molar-refractivity contribution in [2.45, 2.75) is 50.7 Å². The summed E-state index contributed by atoms with van der Waals surface area (Å²) < 4.78 is 13.1. The fourth-order valence-corrected chi connectivity index (χ4v) is 3.18. The van der Waals surface area contributed by atoms with Crippen LogP contribution in [0.25, 0.3) is 0 Å². The first-order chi connectivity index (χ1) is 9.52. The van der Waals surface area contributed by atoms with Crippen LogP contribution < -0.4 is 5.32 Å². The van der Waals surface area contributed by atoms with E-state index in [4.69, 9.17) is 0 Å². The highest BCUT2D eigenvalue weighted by atomic mass is 19.1. The van der Waals surface area contributed by atoms with Crippen molar-refractivity contribution < 1.29 is 9.50 Å². The largest absolute Gasteiger partial charge is 0.508 e. The third kappa shape index (κ3) is 3.30. The van der Waals surface area contributed by atoms with Crippen LogP contribution in [0.5, 0.6) is 5.75 Å². The lowest BCUT2D eigenvalue weighted by Gasteiger charge is -2.38. The molecule has 1 unspecified atom stereocenters. The Balaban J connectivity index is 2.03. The van der Waals surface area contributed by atoms with E-state index in [9.17, 15) is 9.50 Å². The standard InChI is InChI=1S/C16H25FN2O/c1-11(15-9-4-12(17)10-16(15)20)19(3)14-7-5-13(18-2)6-8-14/h4,9-11,13-14,18,20H,5-8H2,1-3H3. The highest BCUT2D eigenvalue weighted by molar-refractivity contribution is 5.35. The van der Waals surface area contributed by atoms with Gasteiger partial charge in [-0.3, -0.25) is 4.90 Å². The lowest BCUT2D eigenvalue weighted by Crippen LogP contribution is -2.40. The number of rotatable bonds is 4. The van der Waals surface area contributed by atoms with Crippen LogP contribution in [0.2, 0.25) is 0 Å². The molecule has 1 aliphatic carbocycles. The maximum Gasteiger partial charge on any atom is 0.126 e. The van der Waals surface area contributed by atoms with E-state index < -0.39 is 5.82 Å². The molecule has 4 heteroatoms. The molecule has 1 aromatic rings. The van der Waals surface area contributed by atoms with Crippen LogP contribution in [0.1, 0.15) is 44.2 Å². The molecule has 0 heterocycles. The first-order valence-corrected chi connectivity index (χ1v) is 7.40. The third-order valence-electron chi connectivity index (χ3n) is 4.73. The summed E-state index contributed by atoms with van der Waals surface area (Å²) in [5.41, 5.74) is 0.796. The summed E-state index contributed by atoms with van der Waals surface area (Å²) in [6.45, 7) is 2.07. The van der Waals surface area contributed by atoms with Crippen molar-refractivity contribution in [1.82, 2.24) is 10.2 Å². The molecule has 1 aromatic carbocycles. The second-order valence-electron chi connectivity index (χ2n) is 5.84. The zero-order valence-corrected chi connectivity index (χ0v) is 12.6. The second kappa shape index (κ2) is 6.55. The molecular formula is C16H25FN2O. The van der Waals surface area contributed by atoms with Crippen LogP contribution in [0.4, 0.5) is 4.39 Å². The molecule has 3 nitrogen and oxygen atoms in total. The summed E-state index contributed by atoms with van der Waals surface area (Å²) in [6, 6.07) is 5.54. The minimum atomic E-state index is -0.393. The Kier molecular flexibility index (Phi) is 5.00. The Morgan fingerprint density at radius 2 is 1.95 bits per heavy atom. The van der Waals surface area contributed by atoms with E-state index in [1.165, 1.54) is 25.0 Å². The average molecular weight is 280 g/mol. The maximum atomic E-state index is 13.1. The molecule has 1 aliphatic rings. The SMILES string of the molecule is CNC1CCC(N(C)C(C)c2ccc(F)cc2O)CC1. The second-order valence-corrected chi connectivity index (χ2v) is 5.84. The van der Waals surface area contributed by atoms with Crippen LogP contribution >= 0.6 is 0 Å². The van der Waals surface area contributed by atoms with Crippen molar-refractivity contribution in [3.63, 3.8) is 0 Å². The molecule has 0 bridgehead atoms. The minimum Gasteiger partial charge on any atom is -0.508 e. The molecule has 2 rings (SSSR count). The number of halogens is 1. The van der Waals surface area contributed by atoms with Gasteiger partial charge in [0.15, 0.2) is 0 Å². The molecule has 1 atom stereocenters. The molecule has 1 saturated carbocycles. The molecule has 112 valence electrons. The first-order valence-electron chi connectivity index (χ1n) is 7.40. The van der Waals surface area contributed by atoms with E-state index in [-0.39, 0.29) is 11.8 Å². The van der Waals surface area contributed by atoms with Crippen molar-refractivity contribution in [3.05, 3.63) is 29.6 Å². The van der Waals surface area contributed by atoms with E-state index >= 15 is 0 Å². The molecule has 0 saturated heterocycles. The predicted molar refractivity (Wildman–Crippen MR) is 79.3 cm³/mol. The molecule has 0 aromatic heterocycles. The number of benzene rings is 1. The van der Waals surface area contributed by atoms with Crippen molar-refractivity contribution in [2.24, 2.45) is 0 Å². The lowest BCUT2D eigenvalue weighted by atomic mass is 9.89. The molecule has 0 aliphatic heterocycles. The van der Waals surface area contributed by atoms with Gasteiger partial charge in [-0.05, 0) is 52.8 Å². The van der Waals surface area contributed by atoms with Gasteiger partial charge in [0.05, 0.1) is 0 Å². The number of hydrogen-bond donors (Lipinski definition) is 2. The predicted octanol–water partition coefficient (Wildman–Crippen LogP) is 3.05. The van der Waals surface area contributed by atoms with Crippen LogP contribution in [0.3, 0.4) is 0 Å².